The quantitative estimate of drug-likeness (QED) is 0.0207. The lowest BCUT2D eigenvalue weighted by atomic mass is 9.62. The van der Waals surface area contributed by atoms with Gasteiger partial charge in [-0.05, 0) is 132 Å². The van der Waals surface area contributed by atoms with Crippen LogP contribution in [0.4, 0.5) is 0 Å². The van der Waals surface area contributed by atoms with Crippen LogP contribution < -0.4 is 59.2 Å². The highest BCUT2D eigenvalue weighted by Gasteiger charge is 2.48. The number of benzene rings is 2. The van der Waals surface area contributed by atoms with Gasteiger partial charge in [0.15, 0.2) is 0 Å². The van der Waals surface area contributed by atoms with Crippen molar-refractivity contribution in [1.82, 2.24) is 37.4 Å². The van der Waals surface area contributed by atoms with Crippen LogP contribution in [0.2, 0.25) is 0 Å². The van der Waals surface area contributed by atoms with Crippen molar-refractivity contribution in [2.45, 2.75) is 121 Å². The largest absolute Gasteiger partial charge is 0.491 e. The molecular formula is C52H69B4N7O15S2. The molecule has 426 valence electrons. The Kier molecular flexibility index (Phi) is 20.9. The first-order valence-electron chi connectivity index (χ1n) is 27.2. The van der Waals surface area contributed by atoms with Gasteiger partial charge in [-0.1, -0.05) is 56.9 Å². The van der Waals surface area contributed by atoms with Crippen molar-refractivity contribution >= 4 is 108 Å². The van der Waals surface area contributed by atoms with Gasteiger partial charge in [-0.3, -0.25) is 28.8 Å². The molecule has 22 nitrogen and oxygen atoms in total. The average Bonchev–Trinajstić information content (AvgIpc) is 4.34. The van der Waals surface area contributed by atoms with Crippen molar-refractivity contribution < 1.29 is 73.4 Å². The van der Waals surface area contributed by atoms with Crippen molar-refractivity contribution in [2.75, 3.05) is 26.2 Å². The van der Waals surface area contributed by atoms with Crippen molar-refractivity contribution in [3.63, 3.8) is 0 Å². The first-order valence-corrected chi connectivity index (χ1v) is 29.0. The molecule has 0 saturated heterocycles. The second-order valence-electron chi connectivity index (χ2n) is 21.8. The lowest BCUT2D eigenvalue weighted by Gasteiger charge is -2.49. The number of hydrogen-bond acceptors (Lipinski definition) is 18. The van der Waals surface area contributed by atoms with E-state index in [0.29, 0.717) is 35.6 Å². The van der Waals surface area contributed by atoms with Crippen LogP contribution in [-0.4, -0.2) is 143 Å². The van der Waals surface area contributed by atoms with Gasteiger partial charge in [-0.2, -0.15) is 5.48 Å². The molecule has 2 aliphatic carbocycles. The van der Waals surface area contributed by atoms with Crippen molar-refractivity contribution in [1.29, 1.82) is 0 Å². The van der Waals surface area contributed by atoms with Crippen molar-refractivity contribution in [3.05, 3.63) is 91.3 Å². The molecule has 8 rings (SSSR count). The zero-order valence-electron chi connectivity index (χ0n) is 44.5. The Morgan fingerprint density at radius 2 is 1.16 bits per heavy atom. The van der Waals surface area contributed by atoms with Crippen LogP contribution in [0.1, 0.15) is 142 Å². The number of hydroxylamine groups is 1. The van der Waals surface area contributed by atoms with Gasteiger partial charge in [0, 0.05) is 53.8 Å². The van der Waals surface area contributed by atoms with E-state index in [1.165, 1.54) is 35.0 Å². The number of carbonyl (C=O) groups is 6. The number of fused-ring (bicyclic) bond motifs is 3. The summed E-state index contributed by atoms with van der Waals surface area (Å²) < 4.78 is 10.5. The first kappa shape index (κ1) is 60.6. The molecule has 4 aliphatic rings. The summed E-state index contributed by atoms with van der Waals surface area (Å²) in [5, 5.41) is 89.6. The normalized spacial score (nSPS) is 21.0. The molecule has 4 heterocycles. The van der Waals surface area contributed by atoms with Gasteiger partial charge >= 0.3 is 28.5 Å². The molecule has 0 bridgehead atoms. The topological polar surface area (TPSA) is 347 Å². The van der Waals surface area contributed by atoms with E-state index in [0.717, 1.165) is 104 Å². The molecule has 4 unspecified atom stereocenters. The van der Waals surface area contributed by atoms with E-state index in [1.807, 2.05) is 0 Å². The molecule has 80 heavy (non-hydrogen) atoms. The van der Waals surface area contributed by atoms with Gasteiger partial charge in [0.1, 0.15) is 12.1 Å². The second kappa shape index (κ2) is 27.5. The Labute approximate surface area is 473 Å². The Hall–Kier alpha value is -5.48. The highest BCUT2D eigenvalue weighted by atomic mass is 32.1. The molecule has 6 atom stereocenters. The van der Waals surface area contributed by atoms with Gasteiger partial charge in [-0.25, -0.2) is 0 Å². The molecule has 4 aromatic rings. The Balaban J connectivity index is 0.849. The molecule has 28 heteroatoms. The average molecular weight is 1140 g/mol. The summed E-state index contributed by atoms with van der Waals surface area (Å²) in [5.41, 5.74) is 4.97. The van der Waals surface area contributed by atoms with Gasteiger partial charge in [-0.15, -0.1) is 22.7 Å². The van der Waals surface area contributed by atoms with Gasteiger partial charge in [0.05, 0.1) is 23.0 Å². The molecule has 0 radical (unpaired) electrons. The third-order valence-electron chi connectivity index (χ3n) is 16.3. The van der Waals surface area contributed by atoms with Crippen LogP contribution in [0.5, 0.6) is 0 Å². The summed E-state index contributed by atoms with van der Waals surface area (Å²) in [6.45, 7) is 2.61. The van der Waals surface area contributed by atoms with Crippen LogP contribution >= 0.6 is 22.7 Å². The van der Waals surface area contributed by atoms with E-state index < -0.39 is 76.0 Å². The molecule has 2 aromatic heterocycles. The minimum absolute atomic E-state index is 0.00818. The Bertz CT molecular complexity index is 2860. The highest BCUT2D eigenvalue weighted by Crippen LogP contribution is 2.51. The zero-order chi connectivity index (χ0) is 57.1. The fourth-order valence-electron chi connectivity index (χ4n) is 11.5. The van der Waals surface area contributed by atoms with E-state index in [-0.39, 0.29) is 82.2 Å². The smallest absolute Gasteiger partial charge is 0.423 e. The minimum Gasteiger partial charge on any atom is -0.423 e. The maximum atomic E-state index is 13.8. The first-order chi connectivity index (χ1) is 38.4. The molecule has 2 saturated carbocycles. The number of thiophene rings is 2. The molecule has 14 N–H and O–H groups in total. The summed E-state index contributed by atoms with van der Waals surface area (Å²) >= 11 is 2.00. The SMILES string of the molecule is CC1(CCCCNC(=O)[C@H](CNC(=O)c2sccc2B(O)O)NC(=O)c2ccc3c(c2)B(O)OC3)CCC2(NO)CCC2CCC(CCCCNC(=O)[C@H](CNC(=O)c2sccc2B(O)O)NC(=O)c2ccc3c(c2)B(O)OC3)C1. The molecule has 0 spiro atoms. The second-order valence-corrected chi connectivity index (χ2v) is 23.6. The van der Waals surface area contributed by atoms with Gasteiger partial charge in [0.25, 0.3) is 23.6 Å². The van der Waals surface area contributed by atoms with Crippen LogP contribution in [0, 0.1) is 17.3 Å². The third kappa shape index (κ3) is 14.9. The number of carbonyl (C=O) groups excluding carboxylic acids is 6. The summed E-state index contributed by atoms with van der Waals surface area (Å²) in [6, 6.07) is 9.82. The van der Waals surface area contributed by atoms with Crippen molar-refractivity contribution in [3.8, 4) is 0 Å². The van der Waals surface area contributed by atoms with Crippen LogP contribution in [-0.2, 0) is 32.1 Å². The van der Waals surface area contributed by atoms with E-state index in [9.17, 15) is 64.1 Å². The van der Waals surface area contributed by atoms with E-state index in [1.54, 1.807) is 24.3 Å². The summed E-state index contributed by atoms with van der Waals surface area (Å²) in [6.07, 6.45) is 11.0. The number of unbranched alkanes of at least 4 members (excludes halogenated alkanes) is 2. The van der Waals surface area contributed by atoms with Gasteiger partial charge < -0.3 is 76.6 Å². The van der Waals surface area contributed by atoms with Crippen LogP contribution in [0.3, 0.4) is 0 Å². The number of rotatable bonds is 25. The molecule has 2 aliphatic heterocycles. The van der Waals surface area contributed by atoms with Crippen LogP contribution in [0.25, 0.3) is 0 Å². The fourth-order valence-corrected chi connectivity index (χ4v) is 13.1. The number of amides is 6. The number of hydrogen-bond donors (Lipinski definition) is 14. The predicted molar refractivity (Wildman–Crippen MR) is 302 cm³/mol. The molecular weight excluding hydrogens is 1070 g/mol. The van der Waals surface area contributed by atoms with E-state index in [4.69, 9.17) is 9.31 Å². The Morgan fingerprint density at radius 3 is 1.64 bits per heavy atom. The Morgan fingerprint density at radius 1 is 0.650 bits per heavy atom. The fraction of sp³-hybridized carbons (Fsp3) is 0.500. The lowest BCUT2D eigenvalue weighted by molar-refractivity contribution is -0.123. The third-order valence-corrected chi connectivity index (χ3v) is 18.2. The van der Waals surface area contributed by atoms with E-state index in [2.05, 4.69) is 44.3 Å². The summed E-state index contributed by atoms with van der Waals surface area (Å²) in [7, 11) is -6.15. The maximum Gasteiger partial charge on any atom is 0.491 e. The number of nitrogens with one attached hydrogen (secondary N) is 7. The van der Waals surface area contributed by atoms with E-state index >= 15 is 0 Å². The zero-order valence-corrected chi connectivity index (χ0v) is 46.2. The summed E-state index contributed by atoms with van der Waals surface area (Å²) in [5.74, 6) is -2.92. The predicted octanol–water partition coefficient (Wildman–Crippen LogP) is -1.35. The molecule has 6 amide bonds. The highest BCUT2D eigenvalue weighted by molar-refractivity contribution is 7.14. The van der Waals surface area contributed by atoms with Gasteiger partial charge in [0.2, 0.25) is 11.8 Å². The maximum absolute atomic E-state index is 13.8. The van der Waals surface area contributed by atoms with Crippen LogP contribution in [0.15, 0.2) is 59.3 Å². The van der Waals surface area contributed by atoms with Crippen molar-refractivity contribution in [2.24, 2.45) is 17.3 Å². The molecule has 2 fully saturated rings. The summed E-state index contributed by atoms with van der Waals surface area (Å²) in [4.78, 5) is 81.1. The lowest BCUT2D eigenvalue weighted by Crippen LogP contribution is -2.57. The minimum atomic E-state index is -1.88. The monoisotopic (exact) mass is 1140 g/mol. The molecule has 2 aromatic carbocycles. The standard InChI is InChI=1S/C52H69B4N7O15S2/c1-51(16-3-5-21-58-48(67)42(28-60-50(69)44-38(54(72)73)15-23-80-44)62-46(65)33-9-11-35-30-78-56(75)40(35)25-33)18-19-52(63-76)17-13-36(52)12-7-31(26-51)6-2-4-20-57-47(66)41(27-59-49(68)43-37(53(70)71)14-22-79-43)61-45(64)32-8-10-34-29-77-55(74)39(34)24-32/h8-11,14-15,22-25,31,36,41-42,63,70-76H,2-7,12-13,16-21,26-30H2,1H3,(H,57,66)(H,58,67)(H,59,68)(H,60,69)(H,61,64)(H,62,65)/t31?,36?,41-,42-,51?,52?/m0/s1.